The summed E-state index contributed by atoms with van der Waals surface area (Å²) in [5.74, 6) is -1.48. The molecule has 2 saturated heterocycles. The fraction of sp³-hybridized carbons (Fsp3) is 0.345. The molecule has 2 aliphatic rings. The van der Waals surface area contributed by atoms with Crippen molar-refractivity contribution in [1.82, 2.24) is 9.21 Å². The number of carbonyl (C=O) groups is 1. The number of rotatable bonds is 7. The minimum atomic E-state index is -5.08. The summed E-state index contributed by atoms with van der Waals surface area (Å²) in [6.07, 6.45) is -5.08. The van der Waals surface area contributed by atoms with Gasteiger partial charge < -0.3 is 10.0 Å². The molecule has 2 unspecified atom stereocenters. The lowest BCUT2D eigenvalue weighted by molar-refractivity contribution is -0.192. The SMILES string of the molecule is O=C(O)C(F)(F)F.O=S(=O)(Cc1ccccc1)N1CC2CN(CC(c3ccccc3)c3ccccc3)CC2C1. The van der Waals surface area contributed by atoms with Crippen LogP contribution >= 0.6 is 0 Å². The first-order valence-corrected chi connectivity index (χ1v) is 14.3. The molecule has 2 fully saturated rings. The molecule has 3 aromatic carbocycles. The molecule has 6 nitrogen and oxygen atoms in total. The molecule has 0 aliphatic carbocycles. The number of nitrogens with zero attached hydrogens (tertiary/aromatic N) is 2. The largest absolute Gasteiger partial charge is 0.490 e. The average molecular weight is 561 g/mol. The number of aliphatic carboxylic acids is 1. The highest BCUT2D eigenvalue weighted by Crippen LogP contribution is 2.35. The van der Waals surface area contributed by atoms with Crippen LogP contribution in [0.1, 0.15) is 22.6 Å². The second-order valence-electron chi connectivity index (χ2n) is 9.97. The Kier molecular flexibility index (Phi) is 9.09. The predicted octanol–water partition coefficient (Wildman–Crippen LogP) is 4.85. The Morgan fingerprint density at radius 3 is 1.62 bits per heavy atom. The molecule has 2 heterocycles. The topological polar surface area (TPSA) is 77.9 Å². The maximum absolute atomic E-state index is 13.0. The van der Waals surface area contributed by atoms with Crippen molar-refractivity contribution in [3.05, 3.63) is 108 Å². The maximum Gasteiger partial charge on any atom is 0.490 e. The summed E-state index contributed by atoms with van der Waals surface area (Å²) < 4.78 is 59.4. The van der Waals surface area contributed by atoms with Crippen molar-refractivity contribution in [2.45, 2.75) is 17.8 Å². The summed E-state index contributed by atoms with van der Waals surface area (Å²) in [4.78, 5) is 11.4. The third-order valence-corrected chi connectivity index (χ3v) is 8.98. The number of halogens is 3. The number of fused-ring (bicyclic) bond motifs is 1. The van der Waals surface area contributed by atoms with E-state index in [1.807, 2.05) is 30.3 Å². The third kappa shape index (κ3) is 7.68. The van der Waals surface area contributed by atoms with E-state index < -0.39 is 22.2 Å². The molecule has 0 bridgehead atoms. The van der Waals surface area contributed by atoms with E-state index in [9.17, 15) is 21.6 Å². The lowest BCUT2D eigenvalue weighted by atomic mass is 9.91. The van der Waals surface area contributed by atoms with Crippen LogP contribution in [-0.2, 0) is 20.6 Å². The summed E-state index contributed by atoms with van der Waals surface area (Å²) in [6, 6.07) is 30.9. The monoisotopic (exact) mass is 560 g/mol. The van der Waals surface area contributed by atoms with Crippen LogP contribution in [0.3, 0.4) is 0 Å². The quantitative estimate of drug-likeness (QED) is 0.447. The second-order valence-corrected chi connectivity index (χ2v) is 11.9. The highest BCUT2D eigenvalue weighted by Gasteiger charge is 2.44. The van der Waals surface area contributed by atoms with Gasteiger partial charge in [0.05, 0.1) is 5.75 Å². The van der Waals surface area contributed by atoms with E-state index in [-0.39, 0.29) is 5.75 Å². The number of alkyl halides is 3. The molecule has 5 rings (SSSR count). The number of benzene rings is 3. The predicted molar refractivity (Wildman–Crippen MR) is 142 cm³/mol. The van der Waals surface area contributed by atoms with Crippen LogP contribution in [0.2, 0.25) is 0 Å². The van der Waals surface area contributed by atoms with Crippen LogP contribution in [0.25, 0.3) is 0 Å². The summed E-state index contributed by atoms with van der Waals surface area (Å²) in [5.41, 5.74) is 3.53. The van der Waals surface area contributed by atoms with Gasteiger partial charge in [0.15, 0.2) is 0 Å². The lowest BCUT2D eigenvalue weighted by Gasteiger charge is -2.26. The Labute approximate surface area is 226 Å². The molecule has 2 atom stereocenters. The standard InChI is InChI=1S/C27H30N2O2S.C2HF3O2/c30-32(31,21-22-10-4-1-5-11-22)29-18-25-16-28(17-26(25)19-29)20-27(23-12-6-2-7-13-23)24-14-8-3-9-15-24;3-2(4,5)1(6)7/h1-15,25-27H,16-21H2;(H,6,7). The lowest BCUT2D eigenvalue weighted by Crippen LogP contribution is -2.35. The van der Waals surface area contributed by atoms with Crippen molar-refractivity contribution in [2.24, 2.45) is 11.8 Å². The van der Waals surface area contributed by atoms with E-state index in [4.69, 9.17) is 9.90 Å². The number of carboxylic acid groups (broad SMARTS) is 1. The van der Waals surface area contributed by atoms with E-state index in [2.05, 4.69) is 65.6 Å². The van der Waals surface area contributed by atoms with Crippen LogP contribution in [-0.4, -0.2) is 67.6 Å². The molecule has 1 N–H and O–H groups in total. The van der Waals surface area contributed by atoms with Gasteiger partial charge in [0.1, 0.15) is 0 Å². The first-order chi connectivity index (χ1) is 18.5. The van der Waals surface area contributed by atoms with E-state index in [1.165, 1.54) is 11.1 Å². The Morgan fingerprint density at radius 2 is 1.21 bits per heavy atom. The summed E-state index contributed by atoms with van der Waals surface area (Å²) in [5, 5.41) is 7.12. The van der Waals surface area contributed by atoms with Crippen molar-refractivity contribution in [3.8, 4) is 0 Å². The van der Waals surface area contributed by atoms with Gasteiger partial charge in [-0.05, 0) is 28.5 Å². The average Bonchev–Trinajstić information content (AvgIpc) is 3.48. The smallest absolute Gasteiger partial charge is 0.475 e. The van der Waals surface area contributed by atoms with Gasteiger partial charge in [-0.15, -0.1) is 0 Å². The second kappa shape index (κ2) is 12.3. The van der Waals surface area contributed by atoms with Gasteiger partial charge >= 0.3 is 12.1 Å². The first kappa shape index (κ1) is 28.8. The highest BCUT2D eigenvalue weighted by atomic mass is 32.2. The molecule has 0 aromatic heterocycles. The zero-order valence-electron chi connectivity index (χ0n) is 21.2. The van der Waals surface area contributed by atoms with Crippen LogP contribution in [0.15, 0.2) is 91.0 Å². The van der Waals surface area contributed by atoms with Gasteiger partial charge in [-0.2, -0.15) is 13.2 Å². The number of sulfonamides is 1. The fourth-order valence-electron chi connectivity index (χ4n) is 5.33. The Bertz CT molecular complexity index is 1270. The fourth-order valence-corrected chi connectivity index (χ4v) is 6.97. The van der Waals surface area contributed by atoms with Gasteiger partial charge in [-0.3, -0.25) is 0 Å². The molecular formula is C29H31F3N2O4S. The molecule has 39 heavy (non-hydrogen) atoms. The van der Waals surface area contributed by atoms with E-state index in [1.54, 1.807) is 4.31 Å². The summed E-state index contributed by atoms with van der Waals surface area (Å²) in [6.45, 7) is 4.21. The number of hydrogen-bond donors (Lipinski definition) is 1. The summed E-state index contributed by atoms with van der Waals surface area (Å²) in [7, 11) is -3.27. The van der Waals surface area contributed by atoms with Crippen molar-refractivity contribution in [1.29, 1.82) is 0 Å². The zero-order valence-corrected chi connectivity index (χ0v) is 22.1. The normalized spacial score (nSPS) is 19.9. The summed E-state index contributed by atoms with van der Waals surface area (Å²) >= 11 is 0. The van der Waals surface area contributed by atoms with E-state index in [0.717, 1.165) is 25.2 Å². The van der Waals surface area contributed by atoms with Crippen LogP contribution in [0, 0.1) is 11.8 Å². The van der Waals surface area contributed by atoms with Gasteiger partial charge in [-0.1, -0.05) is 91.0 Å². The maximum atomic E-state index is 13.0. The van der Waals surface area contributed by atoms with Gasteiger partial charge in [0, 0.05) is 38.6 Å². The van der Waals surface area contributed by atoms with Gasteiger partial charge in [0.25, 0.3) is 0 Å². The molecule has 0 spiro atoms. The third-order valence-electron chi connectivity index (χ3n) is 7.20. The molecule has 0 radical (unpaired) electrons. The van der Waals surface area contributed by atoms with Crippen molar-refractivity contribution in [3.63, 3.8) is 0 Å². The first-order valence-electron chi connectivity index (χ1n) is 12.7. The Balaban J connectivity index is 0.000000448. The zero-order chi connectivity index (χ0) is 28.0. The number of likely N-dealkylation sites (tertiary alicyclic amines) is 1. The van der Waals surface area contributed by atoms with Crippen LogP contribution in [0.4, 0.5) is 13.2 Å². The van der Waals surface area contributed by atoms with Crippen molar-refractivity contribution in [2.75, 3.05) is 32.7 Å². The van der Waals surface area contributed by atoms with Gasteiger partial charge in [0.2, 0.25) is 10.0 Å². The molecule has 0 saturated carbocycles. The highest BCUT2D eigenvalue weighted by molar-refractivity contribution is 7.88. The minimum Gasteiger partial charge on any atom is -0.475 e. The molecule has 208 valence electrons. The van der Waals surface area contributed by atoms with Crippen molar-refractivity contribution < 1.29 is 31.5 Å². The molecule has 10 heteroatoms. The van der Waals surface area contributed by atoms with E-state index >= 15 is 0 Å². The Hall–Kier alpha value is -3.21. The molecule has 0 amide bonds. The van der Waals surface area contributed by atoms with Crippen LogP contribution < -0.4 is 0 Å². The van der Waals surface area contributed by atoms with Gasteiger partial charge in [-0.25, -0.2) is 17.5 Å². The van der Waals surface area contributed by atoms with Crippen LogP contribution in [0.5, 0.6) is 0 Å². The Morgan fingerprint density at radius 1 is 0.795 bits per heavy atom. The number of hydrogen-bond acceptors (Lipinski definition) is 4. The number of carboxylic acids is 1. The minimum absolute atomic E-state index is 0.0983. The van der Waals surface area contributed by atoms with Crippen molar-refractivity contribution >= 4 is 16.0 Å². The van der Waals surface area contributed by atoms with E-state index in [0.29, 0.717) is 30.8 Å². The molecular weight excluding hydrogens is 529 g/mol. The molecule has 3 aromatic rings. The molecule has 2 aliphatic heterocycles.